The highest BCUT2D eigenvalue weighted by atomic mass is 16.7. The Kier molecular flexibility index (Phi) is 4.56. The van der Waals surface area contributed by atoms with Gasteiger partial charge in [0.25, 0.3) is 0 Å². The number of anilines is 1. The van der Waals surface area contributed by atoms with Crippen molar-refractivity contribution >= 4 is 11.6 Å². The number of hydrogen-bond acceptors (Lipinski definition) is 3. The molecule has 1 aliphatic heterocycles. The normalized spacial score (nSPS) is 17.4. The molecule has 0 radical (unpaired) electrons. The van der Waals surface area contributed by atoms with Gasteiger partial charge in [-0.05, 0) is 31.0 Å². The van der Waals surface area contributed by atoms with Gasteiger partial charge >= 0.3 is 0 Å². The van der Waals surface area contributed by atoms with Crippen LogP contribution in [-0.4, -0.2) is 24.9 Å². The lowest BCUT2D eigenvalue weighted by Gasteiger charge is -2.22. The third-order valence-corrected chi connectivity index (χ3v) is 3.30. The van der Waals surface area contributed by atoms with E-state index >= 15 is 0 Å². The maximum absolute atomic E-state index is 11.4. The van der Waals surface area contributed by atoms with Gasteiger partial charge < -0.3 is 14.8 Å². The fraction of sp³-hybridized carbons (Fsp3) is 0.533. The van der Waals surface area contributed by atoms with E-state index in [2.05, 4.69) is 11.4 Å². The fourth-order valence-corrected chi connectivity index (χ4v) is 2.13. The third-order valence-electron chi connectivity index (χ3n) is 3.30. The summed E-state index contributed by atoms with van der Waals surface area (Å²) in [5, 5.41) is 2.87. The number of aryl methyl sites for hydroxylation is 1. The lowest BCUT2D eigenvalue weighted by atomic mass is 10.0. The molecule has 0 aromatic heterocycles. The molecule has 4 heteroatoms. The molecule has 104 valence electrons. The summed E-state index contributed by atoms with van der Waals surface area (Å²) in [5.41, 5.74) is 2.02. The lowest BCUT2D eigenvalue weighted by molar-refractivity contribution is -0.146. The maximum atomic E-state index is 11.4. The molecular weight excluding hydrogens is 242 g/mol. The van der Waals surface area contributed by atoms with Crippen LogP contribution in [0.5, 0.6) is 0 Å². The van der Waals surface area contributed by atoms with E-state index in [1.165, 1.54) is 5.56 Å². The van der Waals surface area contributed by atoms with E-state index in [-0.39, 0.29) is 5.91 Å². The van der Waals surface area contributed by atoms with E-state index in [4.69, 9.17) is 9.47 Å². The van der Waals surface area contributed by atoms with Gasteiger partial charge in [0.15, 0.2) is 5.79 Å². The van der Waals surface area contributed by atoms with Crippen molar-refractivity contribution < 1.29 is 14.3 Å². The van der Waals surface area contributed by atoms with Crippen molar-refractivity contribution in [1.82, 2.24) is 0 Å². The molecule has 1 saturated heterocycles. The van der Waals surface area contributed by atoms with Gasteiger partial charge in [-0.2, -0.15) is 0 Å². The highest BCUT2D eigenvalue weighted by Crippen LogP contribution is 2.25. The molecule has 1 amide bonds. The number of ether oxygens (including phenoxy) is 2. The van der Waals surface area contributed by atoms with Crippen molar-refractivity contribution in [2.75, 3.05) is 18.5 Å². The number of carbonyl (C=O) groups is 1. The van der Waals surface area contributed by atoms with Gasteiger partial charge in [-0.25, -0.2) is 0 Å². The highest BCUT2D eigenvalue weighted by molar-refractivity contribution is 5.90. The molecule has 0 aliphatic carbocycles. The Morgan fingerprint density at radius 2 is 2.11 bits per heavy atom. The van der Waals surface area contributed by atoms with Crippen molar-refractivity contribution in [2.24, 2.45) is 0 Å². The van der Waals surface area contributed by atoms with Crippen LogP contribution in [0.25, 0.3) is 0 Å². The minimum Gasteiger partial charge on any atom is -0.348 e. The number of benzene rings is 1. The summed E-state index contributed by atoms with van der Waals surface area (Å²) < 4.78 is 11.2. The minimum absolute atomic E-state index is 0.0339. The van der Waals surface area contributed by atoms with Gasteiger partial charge in [-0.1, -0.05) is 19.1 Å². The number of amides is 1. The third kappa shape index (κ3) is 4.04. The number of rotatable bonds is 5. The Hall–Kier alpha value is -1.39. The van der Waals surface area contributed by atoms with E-state index < -0.39 is 5.79 Å². The zero-order chi connectivity index (χ0) is 13.7. The molecule has 2 rings (SSSR count). The Morgan fingerprint density at radius 3 is 2.79 bits per heavy atom. The summed E-state index contributed by atoms with van der Waals surface area (Å²) in [4.78, 5) is 11.4. The molecule has 19 heavy (non-hydrogen) atoms. The monoisotopic (exact) mass is 263 g/mol. The van der Waals surface area contributed by atoms with E-state index in [1.54, 1.807) is 0 Å². The predicted octanol–water partition coefficient (Wildman–Crippen LogP) is 2.73. The SMILES string of the molecule is CCC(=O)Nc1cccc(CCC2(C)OCCO2)c1. The summed E-state index contributed by atoms with van der Waals surface area (Å²) in [6, 6.07) is 7.92. The van der Waals surface area contributed by atoms with Crippen LogP contribution < -0.4 is 5.32 Å². The second kappa shape index (κ2) is 6.17. The first-order chi connectivity index (χ1) is 9.11. The first-order valence-electron chi connectivity index (χ1n) is 6.78. The molecule has 4 nitrogen and oxygen atoms in total. The van der Waals surface area contributed by atoms with Gasteiger partial charge in [0, 0.05) is 18.5 Å². The summed E-state index contributed by atoms with van der Waals surface area (Å²) in [6.45, 7) is 5.16. The molecule has 1 N–H and O–H groups in total. The smallest absolute Gasteiger partial charge is 0.224 e. The molecule has 1 fully saturated rings. The van der Waals surface area contributed by atoms with Gasteiger partial charge in [-0.15, -0.1) is 0 Å². The van der Waals surface area contributed by atoms with Crippen LogP contribution in [0.4, 0.5) is 5.69 Å². The molecule has 0 unspecified atom stereocenters. The first-order valence-corrected chi connectivity index (χ1v) is 6.78. The maximum Gasteiger partial charge on any atom is 0.224 e. The molecule has 0 saturated carbocycles. The van der Waals surface area contributed by atoms with Crippen molar-refractivity contribution in [2.45, 2.75) is 38.9 Å². The Balaban J connectivity index is 1.93. The lowest BCUT2D eigenvalue weighted by Crippen LogP contribution is -2.26. The second-order valence-electron chi connectivity index (χ2n) is 4.93. The van der Waals surface area contributed by atoms with E-state index in [0.29, 0.717) is 19.6 Å². The average molecular weight is 263 g/mol. The molecule has 0 spiro atoms. The Morgan fingerprint density at radius 1 is 1.37 bits per heavy atom. The fourth-order valence-electron chi connectivity index (χ4n) is 2.13. The van der Waals surface area contributed by atoms with Gasteiger partial charge in [0.1, 0.15) is 0 Å². The summed E-state index contributed by atoms with van der Waals surface area (Å²) in [5.74, 6) is -0.422. The Labute approximate surface area is 114 Å². The first kappa shape index (κ1) is 14.0. The minimum atomic E-state index is -0.456. The molecule has 1 aliphatic rings. The van der Waals surface area contributed by atoms with Crippen LogP contribution >= 0.6 is 0 Å². The van der Waals surface area contributed by atoms with Crippen LogP contribution in [0.15, 0.2) is 24.3 Å². The molecule has 0 atom stereocenters. The van der Waals surface area contributed by atoms with Crippen molar-refractivity contribution in [1.29, 1.82) is 0 Å². The van der Waals surface area contributed by atoms with Crippen LogP contribution in [-0.2, 0) is 20.7 Å². The topological polar surface area (TPSA) is 47.6 Å². The van der Waals surface area contributed by atoms with Crippen LogP contribution in [0.3, 0.4) is 0 Å². The second-order valence-corrected chi connectivity index (χ2v) is 4.93. The van der Waals surface area contributed by atoms with Crippen molar-refractivity contribution in [3.05, 3.63) is 29.8 Å². The molecule has 0 bridgehead atoms. The predicted molar refractivity (Wildman–Crippen MR) is 74.0 cm³/mol. The zero-order valence-electron chi connectivity index (χ0n) is 11.6. The summed E-state index contributed by atoms with van der Waals surface area (Å²) in [6.07, 6.45) is 2.18. The Bertz CT molecular complexity index is 439. The van der Waals surface area contributed by atoms with Crippen LogP contribution in [0.1, 0.15) is 32.3 Å². The summed E-state index contributed by atoms with van der Waals surface area (Å²) >= 11 is 0. The van der Waals surface area contributed by atoms with Crippen molar-refractivity contribution in [3.8, 4) is 0 Å². The van der Waals surface area contributed by atoms with E-state index in [9.17, 15) is 4.79 Å². The molecular formula is C15H21NO3. The summed E-state index contributed by atoms with van der Waals surface area (Å²) in [7, 11) is 0. The van der Waals surface area contributed by atoms with Crippen LogP contribution in [0, 0.1) is 0 Å². The number of nitrogens with one attached hydrogen (secondary N) is 1. The quantitative estimate of drug-likeness (QED) is 0.888. The van der Waals surface area contributed by atoms with Gasteiger partial charge in [0.2, 0.25) is 5.91 Å². The molecule has 1 aromatic rings. The zero-order valence-corrected chi connectivity index (χ0v) is 11.6. The average Bonchev–Trinajstić information content (AvgIpc) is 2.84. The van der Waals surface area contributed by atoms with E-state index in [0.717, 1.165) is 18.5 Å². The van der Waals surface area contributed by atoms with Crippen LogP contribution in [0.2, 0.25) is 0 Å². The highest BCUT2D eigenvalue weighted by Gasteiger charge is 2.30. The molecule has 1 heterocycles. The van der Waals surface area contributed by atoms with E-state index in [1.807, 2.05) is 32.0 Å². The number of hydrogen-bond donors (Lipinski definition) is 1. The van der Waals surface area contributed by atoms with Gasteiger partial charge in [0.05, 0.1) is 13.2 Å². The standard InChI is InChI=1S/C15H21NO3/c1-3-14(17)16-13-6-4-5-12(11-13)7-8-15(2)18-9-10-19-15/h4-6,11H,3,7-10H2,1-2H3,(H,16,17). The number of carbonyl (C=O) groups excluding carboxylic acids is 1. The largest absolute Gasteiger partial charge is 0.348 e. The van der Waals surface area contributed by atoms with Crippen molar-refractivity contribution in [3.63, 3.8) is 0 Å². The van der Waals surface area contributed by atoms with Gasteiger partial charge in [-0.3, -0.25) is 4.79 Å². The molecule has 1 aromatic carbocycles.